The highest BCUT2D eigenvalue weighted by Gasteiger charge is 2.20. The Kier molecular flexibility index (Phi) is 6.90. The Balaban J connectivity index is 1.17. The summed E-state index contributed by atoms with van der Waals surface area (Å²) in [6.07, 6.45) is 0. The molecule has 0 amide bonds. The van der Waals surface area contributed by atoms with Crippen LogP contribution in [-0.4, -0.2) is 0 Å². The van der Waals surface area contributed by atoms with Crippen LogP contribution in [0.1, 0.15) is 0 Å². The lowest BCUT2D eigenvalue weighted by atomic mass is 9.88. The maximum Gasteiger partial charge on any atom is 0.137 e. The maximum atomic E-state index is 6.45. The Labute approximate surface area is 312 Å². The summed E-state index contributed by atoms with van der Waals surface area (Å²) in [5, 5.41) is 12.4. The first-order chi connectivity index (χ1) is 26.8. The van der Waals surface area contributed by atoms with Gasteiger partial charge in [-0.3, -0.25) is 0 Å². The topological polar surface area (TPSA) is 16.4 Å². The fourth-order valence-electron chi connectivity index (χ4n) is 8.55. The highest BCUT2D eigenvalue weighted by molar-refractivity contribution is 6.30. The maximum absolute atomic E-state index is 6.45. The van der Waals surface area contributed by atoms with Gasteiger partial charge in [0.15, 0.2) is 0 Å². The van der Waals surface area contributed by atoms with Crippen molar-refractivity contribution in [2.45, 2.75) is 0 Å². The smallest absolute Gasteiger partial charge is 0.137 e. The number of para-hydroxylation sites is 2. The standard InChI is InChI=1S/C52H33NO/c1-2-13-34(14-3-1)41-19-8-10-23-48(41)53(40-28-30-45-44-22-9-11-24-49(44)54-50(45)33-40)39-18-12-17-37(31-39)47-32-38-16-5-7-21-43(38)52-46(47)29-27-36-26-25-35-15-4-6-20-42(35)51(36)52/h1-33H. The quantitative estimate of drug-likeness (QED) is 0.168. The van der Waals surface area contributed by atoms with Crippen LogP contribution in [0, 0.1) is 0 Å². The molecule has 54 heavy (non-hydrogen) atoms. The Bertz CT molecular complexity index is 3230. The summed E-state index contributed by atoms with van der Waals surface area (Å²) in [6.45, 7) is 0. The van der Waals surface area contributed by atoms with Gasteiger partial charge in [0.2, 0.25) is 0 Å². The molecule has 1 aromatic heterocycles. The van der Waals surface area contributed by atoms with Crippen molar-refractivity contribution in [3.05, 3.63) is 200 Å². The van der Waals surface area contributed by atoms with Crippen molar-refractivity contribution in [3.8, 4) is 22.3 Å². The van der Waals surface area contributed by atoms with Gasteiger partial charge in [-0.15, -0.1) is 0 Å². The summed E-state index contributed by atoms with van der Waals surface area (Å²) in [5.74, 6) is 0. The SMILES string of the molecule is c1ccc(-c2ccccc2N(c2cccc(-c3cc4ccccc4c4c3ccc3ccc5ccccc5c34)c2)c2ccc3c(c2)oc2ccccc23)cc1. The Hall–Kier alpha value is -7.16. The van der Waals surface area contributed by atoms with E-state index in [4.69, 9.17) is 4.42 Å². The molecule has 1 heterocycles. The number of fused-ring (bicyclic) bond motifs is 10. The molecule has 0 fully saturated rings. The van der Waals surface area contributed by atoms with Crippen molar-refractivity contribution >= 4 is 82.1 Å². The normalized spacial score (nSPS) is 11.7. The minimum Gasteiger partial charge on any atom is -0.456 e. The van der Waals surface area contributed by atoms with Crippen LogP contribution in [0.2, 0.25) is 0 Å². The lowest BCUT2D eigenvalue weighted by Gasteiger charge is -2.28. The second-order valence-corrected chi connectivity index (χ2v) is 14.1. The fraction of sp³-hybridized carbons (Fsp3) is 0. The van der Waals surface area contributed by atoms with Gasteiger partial charge in [-0.25, -0.2) is 0 Å². The van der Waals surface area contributed by atoms with Crippen LogP contribution >= 0.6 is 0 Å². The van der Waals surface area contributed by atoms with Crippen LogP contribution in [0.15, 0.2) is 205 Å². The third kappa shape index (κ3) is 4.81. The monoisotopic (exact) mass is 687 g/mol. The van der Waals surface area contributed by atoms with Gasteiger partial charge in [0.05, 0.1) is 5.69 Å². The van der Waals surface area contributed by atoms with E-state index in [1.165, 1.54) is 54.2 Å². The van der Waals surface area contributed by atoms with E-state index in [9.17, 15) is 0 Å². The number of furan rings is 1. The van der Waals surface area contributed by atoms with Crippen LogP contribution in [0.3, 0.4) is 0 Å². The van der Waals surface area contributed by atoms with Gasteiger partial charge >= 0.3 is 0 Å². The van der Waals surface area contributed by atoms with E-state index in [-0.39, 0.29) is 0 Å². The average Bonchev–Trinajstić information content (AvgIpc) is 3.62. The molecule has 10 aromatic carbocycles. The Morgan fingerprint density at radius 3 is 1.83 bits per heavy atom. The van der Waals surface area contributed by atoms with Crippen molar-refractivity contribution in [2.75, 3.05) is 4.90 Å². The summed E-state index contributed by atoms with van der Waals surface area (Å²) in [5.41, 5.74) is 9.65. The highest BCUT2D eigenvalue weighted by Crippen LogP contribution is 2.46. The van der Waals surface area contributed by atoms with Crippen molar-refractivity contribution in [1.29, 1.82) is 0 Å². The van der Waals surface area contributed by atoms with E-state index in [0.717, 1.165) is 50.1 Å². The van der Waals surface area contributed by atoms with Crippen molar-refractivity contribution < 1.29 is 4.42 Å². The molecular formula is C52H33NO. The molecule has 0 saturated heterocycles. The second-order valence-electron chi connectivity index (χ2n) is 14.1. The Morgan fingerprint density at radius 1 is 0.315 bits per heavy atom. The third-order valence-corrected chi connectivity index (χ3v) is 11.0. The van der Waals surface area contributed by atoms with Crippen molar-refractivity contribution in [3.63, 3.8) is 0 Å². The van der Waals surface area contributed by atoms with Gasteiger partial charge in [0.25, 0.3) is 0 Å². The minimum atomic E-state index is 0.867. The van der Waals surface area contributed by atoms with E-state index >= 15 is 0 Å². The zero-order valence-electron chi connectivity index (χ0n) is 29.4. The molecule has 0 saturated carbocycles. The molecule has 0 aliphatic heterocycles. The zero-order chi connectivity index (χ0) is 35.6. The molecule has 0 N–H and O–H groups in total. The first-order valence-corrected chi connectivity index (χ1v) is 18.5. The average molecular weight is 688 g/mol. The van der Waals surface area contributed by atoms with Gasteiger partial charge in [0.1, 0.15) is 11.2 Å². The molecule has 0 aliphatic rings. The molecule has 0 aliphatic carbocycles. The van der Waals surface area contributed by atoms with Gasteiger partial charge in [-0.1, -0.05) is 152 Å². The number of benzene rings is 10. The summed E-state index contributed by atoms with van der Waals surface area (Å²) in [4.78, 5) is 2.38. The van der Waals surface area contributed by atoms with Crippen LogP contribution < -0.4 is 4.90 Å². The van der Waals surface area contributed by atoms with Gasteiger partial charge in [0, 0.05) is 33.8 Å². The molecule has 11 aromatic rings. The third-order valence-electron chi connectivity index (χ3n) is 11.0. The molecule has 11 rings (SSSR count). The Morgan fingerprint density at radius 2 is 0.944 bits per heavy atom. The molecule has 0 radical (unpaired) electrons. The first-order valence-electron chi connectivity index (χ1n) is 18.5. The molecule has 0 atom stereocenters. The summed E-state index contributed by atoms with van der Waals surface area (Å²) in [6, 6.07) is 72.3. The van der Waals surface area contributed by atoms with Crippen LogP contribution in [0.5, 0.6) is 0 Å². The van der Waals surface area contributed by atoms with Gasteiger partial charge in [-0.05, 0) is 102 Å². The van der Waals surface area contributed by atoms with E-state index < -0.39 is 0 Å². The minimum absolute atomic E-state index is 0.867. The number of anilines is 3. The fourth-order valence-corrected chi connectivity index (χ4v) is 8.55. The second kappa shape index (κ2) is 12.2. The molecule has 2 nitrogen and oxygen atoms in total. The van der Waals surface area contributed by atoms with Crippen LogP contribution in [0.4, 0.5) is 17.1 Å². The number of rotatable bonds is 5. The zero-order valence-corrected chi connectivity index (χ0v) is 29.4. The van der Waals surface area contributed by atoms with Crippen LogP contribution in [-0.2, 0) is 0 Å². The first kappa shape index (κ1) is 30.5. The predicted octanol–water partition coefficient (Wildman–Crippen LogP) is 15.0. The summed E-state index contributed by atoms with van der Waals surface area (Å²) < 4.78 is 6.45. The molecule has 0 spiro atoms. The molecule has 0 unspecified atom stereocenters. The number of hydrogen-bond donors (Lipinski definition) is 0. The van der Waals surface area contributed by atoms with E-state index in [1.54, 1.807) is 0 Å². The number of nitrogens with zero attached hydrogens (tertiary/aromatic N) is 1. The molecule has 0 bridgehead atoms. The van der Waals surface area contributed by atoms with Gasteiger partial charge in [-0.2, -0.15) is 0 Å². The van der Waals surface area contributed by atoms with E-state index in [2.05, 4.69) is 193 Å². The highest BCUT2D eigenvalue weighted by atomic mass is 16.3. The van der Waals surface area contributed by atoms with E-state index in [0.29, 0.717) is 0 Å². The lowest BCUT2D eigenvalue weighted by molar-refractivity contribution is 0.669. The van der Waals surface area contributed by atoms with Crippen molar-refractivity contribution in [2.24, 2.45) is 0 Å². The molecule has 2 heteroatoms. The lowest BCUT2D eigenvalue weighted by Crippen LogP contribution is -2.11. The van der Waals surface area contributed by atoms with E-state index in [1.807, 2.05) is 12.1 Å². The largest absolute Gasteiger partial charge is 0.456 e. The summed E-state index contributed by atoms with van der Waals surface area (Å²) in [7, 11) is 0. The van der Waals surface area contributed by atoms with Crippen molar-refractivity contribution in [1.82, 2.24) is 0 Å². The molecular weight excluding hydrogens is 655 g/mol. The van der Waals surface area contributed by atoms with Gasteiger partial charge < -0.3 is 9.32 Å². The molecule has 252 valence electrons. The predicted molar refractivity (Wildman–Crippen MR) is 229 cm³/mol. The number of hydrogen-bond acceptors (Lipinski definition) is 2. The summed E-state index contributed by atoms with van der Waals surface area (Å²) >= 11 is 0. The van der Waals surface area contributed by atoms with Crippen LogP contribution in [0.25, 0.3) is 87.3 Å².